The van der Waals surface area contributed by atoms with Gasteiger partial charge in [0.25, 0.3) is 0 Å². The Labute approximate surface area is 487 Å². The molecule has 0 N–H and O–H groups in total. The van der Waals surface area contributed by atoms with Gasteiger partial charge in [-0.15, -0.1) is 0 Å². The molecule has 18 aromatic rings. The Morgan fingerprint density at radius 3 is 0.953 bits per heavy atom. The Bertz CT molecular complexity index is 5250. The van der Waals surface area contributed by atoms with Gasteiger partial charge in [0.1, 0.15) is 22.3 Å². The van der Waals surface area contributed by atoms with Gasteiger partial charge in [-0.2, -0.15) is 0 Å². The summed E-state index contributed by atoms with van der Waals surface area (Å²) in [5, 5.41) is 11.4. The summed E-state index contributed by atoms with van der Waals surface area (Å²) in [5.41, 5.74) is 19.9. The van der Waals surface area contributed by atoms with Gasteiger partial charge in [-0.1, -0.05) is 140 Å². The van der Waals surface area contributed by atoms with Gasteiger partial charge in [-0.25, -0.2) is 0 Å². The molecule has 0 fully saturated rings. The Hall–Kier alpha value is -11.5. The molecule has 7 nitrogen and oxygen atoms in total. The maximum absolute atomic E-state index is 6.63. The van der Waals surface area contributed by atoms with E-state index in [1.165, 1.54) is 43.4 Å². The van der Waals surface area contributed by atoms with Crippen LogP contribution in [-0.4, -0.2) is 13.7 Å². The van der Waals surface area contributed by atoms with Crippen molar-refractivity contribution in [1.82, 2.24) is 13.7 Å². The van der Waals surface area contributed by atoms with Crippen LogP contribution in [0.15, 0.2) is 306 Å². The van der Waals surface area contributed by atoms with Crippen molar-refractivity contribution < 1.29 is 8.83 Å². The fourth-order valence-electron chi connectivity index (χ4n) is 13.8. The lowest BCUT2D eigenvalue weighted by atomic mass is 10.1. The Kier molecular flexibility index (Phi) is 10.3. The number of nitrogens with zero attached hydrogens (tertiary/aromatic N) is 5. The van der Waals surface area contributed by atoms with E-state index in [1.54, 1.807) is 0 Å². The van der Waals surface area contributed by atoms with Crippen LogP contribution in [0.2, 0.25) is 0 Å². The number of fused-ring (bicyclic) bond motifs is 17. The summed E-state index contributed by atoms with van der Waals surface area (Å²) >= 11 is 0. The van der Waals surface area contributed by atoms with Crippen LogP contribution in [0.5, 0.6) is 0 Å². The van der Waals surface area contributed by atoms with Crippen molar-refractivity contribution in [2.45, 2.75) is 0 Å². The minimum atomic E-state index is 0.846. The first-order valence-corrected chi connectivity index (χ1v) is 28.9. The molecule has 0 aliphatic rings. The van der Waals surface area contributed by atoms with E-state index in [2.05, 4.69) is 321 Å². The summed E-state index contributed by atoms with van der Waals surface area (Å²) in [4.78, 5) is 4.61. The number of furan rings is 2. The molecule has 5 aromatic heterocycles. The lowest BCUT2D eigenvalue weighted by Crippen LogP contribution is -2.09. The molecule has 5 heterocycles. The van der Waals surface area contributed by atoms with Gasteiger partial charge in [0, 0.05) is 105 Å². The lowest BCUT2D eigenvalue weighted by Gasteiger charge is -2.25. The second-order valence-electron chi connectivity index (χ2n) is 22.0. The van der Waals surface area contributed by atoms with Crippen molar-refractivity contribution in [1.29, 1.82) is 0 Å². The van der Waals surface area contributed by atoms with Crippen LogP contribution in [0.4, 0.5) is 34.1 Å². The maximum Gasteiger partial charge on any atom is 0.135 e. The SMILES string of the molecule is c1ccc(N(c2ccccc2)c2ccc3oc4ccc(-n5c6ccccc6c6c5ccc5c7ccc8c(c9ccccc9n8-c8ccc9oc%10ccc(N(c%11ccccc%11)c%11ccccc%11)cc%10c9c8)c7n(-c7ccccc7)c56)cc4c3c2)cc1. The Balaban J connectivity index is 0.849. The summed E-state index contributed by atoms with van der Waals surface area (Å²) in [6.45, 7) is 0. The summed E-state index contributed by atoms with van der Waals surface area (Å²) in [6.07, 6.45) is 0. The molecular weight excluding hydrogens is 1040 g/mol. The number of anilines is 6. The summed E-state index contributed by atoms with van der Waals surface area (Å²) in [6, 6.07) is 107. The number of para-hydroxylation sites is 7. The third-order valence-electron chi connectivity index (χ3n) is 17.3. The second kappa shape index (κ2) is 18.5. The van der Waals surface area contributed by atoms with E-state index in [4.69, 9.17) is 8.83 Å². The Morgan fingerprint density at radius 2 is 0.553 bits per heavy atom. The van der Waals surface area contributed by atoms with Gasteiger partial charge in [-0.3, -0.25) is 0 Å². The molecule has 398 valence electrons. The van der Waals surface area contributed by atoms with Crippen molar-refractivity contribution in [3.63, 3.8) is 0 Å². The van der Waals surface area contributed by atoms with Gasteiger partial charge >= 0.3 is 0 Å². The average molecular weight is 1090 g/mol. The molecule has 0 amide bonds. The monoisotopic (exact) mass is 1090 g/mol. The first-order valence-electron chi connectivity index (χ1n) is 28.9. The van der Waals surface area contributed by atoms with E-state index in [0.29, 0.717) is 0 Å². The molecule has 85 heavy (non-hydrogen) atoms. The predicted octanol–water partition coefficient (Wildman–Crippen LogP) is 21.7. The molecule has 0 aliphatic carbocycles. The van der Waals surface area contributed by atoms with Gasteiger partial charge in [-0.05, 0) is 158 Å². The first-order chi connectivity index (χ1) is 42.2. The van der Waals surface area contributed by atoms with Crippen molar-refractivity contribution in [2.75, 3.05) is 9.80 Å². The molecule has 13 aromatic carbocycles. The molecule has 0 saturated carbocycles. The zero-order valence-corrected chi connectivity index (χ0v) is 45.8. The van der Waals surface area contributed by atoms with E-state index in [0.717, 1.165) is 117 Å². The number of hydrogen-bond donors (Lipinski definition) is 0. The molecule has 0 saturated heterocycles. The highest BCUT2D eigenvalue weighted by molar-refractivity contribution is 6.32. The van der Waals surface area contributed by atoms with Crippen LogP contribution in [0.1, 0.15) is 0 Å². The smallest absolute Gasteiger partial charge is 0.135 e. The predicted molar refractivity (Wildman–Crippen MR) is 353 cm³/mol. The molecule has 0 aliphatic heterocycles. The van der Waals surface area contributed by atoms with Crippen molar-refractivity contribution in [3.05, 3.63) is 297 Å². The molecule has 0 unspecified atom stereocenters. The van der Waals surface area contributed by atoms with E-state index in [9.17, 15) is 0 Å². The molecule has 0 radical (unpaired) electrons. The highest BCUT2D eigenvalue weighted by atomic mass is 16.3. The number of benzene rings is 13. The number of hydrogen-bond acceptors (Lipinski definition) is 4. The van der Waals surface area contributed by atoms with Crippen LogP contribution in [0.25, 0.3) is 126 Å². The molecule has 0 spiro atoms. The summed E-state index contributed by atoms with van der Waals surface area (Å²) in [7, 11) is 0. The third kappa shape index (κ3) is 7.14. The van der Waals surface area contributed by atoms with Crippen molar-refractivity contribution in [2.24, 2.45) is 0 Å². The zero-order chi connectivity index (χ0) is 55.7. The number of aromatic nitrogens is 3. The molecule has 0 bridgehead atoms. The lowest BCUT2D eigenvalue weighted by molar-refractivity contribution is 0.668. The van der Waals surface area contributed by atoms with E-state index >= 15 is 0 Å². The maximum atomic E-state index is 6.63. The fourth-order valence-corrected chi connectivity index (χ4v) is 13.8. The van der Waals surface area contributed by atoms with Gasteiger partial charge in [0.2, 0.25) is 0 Å². The van der Waals surface area contributed by atoms with Crippen LogP contribution in [0, 0.1) is 0 Å². The summed E-state index contributed by atoms with van der Waals surface area (Å²) in [5.74, 6) is 0. The van der Waals surface area contributed by atoms with E-state index in [1.807, 2.05) is 0 Å². The largest absolute Gasteiger partial charge is 0.456 e. The Morgan fingerprint density at radius 1 is 0.212 bits per heavy atom. The molecule has 7 heteroatoms. The van der Waals surface area contributed by atoms with Crippen molar-refractivity contribution in [3.8, 4) is 17.1 Å². The zero-order valence-electron chi connectivity index (χ0n) is 45.8. The third-order valence-corrected chi connectivity index (χ3v) is 17.3. The van der Waals surface area contributed by atoms with Crippen LogP contribution in [-0.2, 0) is 0 Å². The minimum Gasteiger partial charge on any atom is -0.456 e. The first kappa shape index (κ1) is 47.1. The summed E-state index contributed by atoms with van der Waals surface area (Å²) < 4.78 is 20.7. The average Bonchev–Trinajstić information content (AvgIpc) is 1.64. The van der Waals surface area contributed by atoms with Gasteiger partial charge in [0.05, 0.1) is 33.1 Å². The van der Waals surface area contributed by atoms with E-state index in [-0.39, 0.29) is 0 Å². The molecule has 0 atom stereocenters. The van der Waals surface area contributed by atoms with Gasteiger partial charge < -0.3 is 32.3 Å². The van der Waals surface area contributed by atoms with Crippen LogP contribution >= 0.6 is 0 Å². The standard InChI is InChI=1S/C78H49N5O2/c1-6-20-50(21-7-1)79(51-22-8-2-9-23-51)55-34-42-71-63(46-55)65-48-57(36-44-73(65)84-71)81-67-32-18-16-30-61(67)75-69(81)40-38-59-60-39-41-70-76(78(60)83(77(59)75)54-28-14-5-15-29-54)62-31-17-19-33-68(62)82(70)58-37-45-74-66(49-58)64-47-56(35-43-72(64)85-74)80(52-24-10-3-11-25-52)53-26-12-4-13-27-53/h1-49H. The van der Waals surface area contributed by atoms with E-state index < -0.39 is 0 Å². The van der Waals surface area contributed by atoms with Crippen molar-refractivity contribution >= 4 is 143 Å². The second-order valence-corrected chi connectivity index (χ2v) is 22.0. The van der Waals surface area contributed by atoms with Crippen LogP contribution < -0.4 is 9.80 Å². The number of rotatable bonds is 9. The van der Waals surface area contributed by atoms with Crippen LogP contribution in [0.3, 0.4) is 0 Å². The minimum absolute atomic E-state index is 0.846. The topological polar surface area (TPSA) is 47.6 Å². The molecule has 18 rings (SSSR count). The molecular formula is C78H49N5O2. The van der Waals surface area contributed by atoms with Gasteiger partial charge in [0.15, 0.2) is 0 Å². The highest BCUT2D eigenvalue weighted by Gasteiger charge is 2.26. The fraction of sp³-hybridized carbons (Fsp3) is 0. The quantitative estimate of drug-likeness (QED) is 0.145. The normalized spacial score (nSPS) is 12.0. The highest BCUT2D eigenvalue weighted by Crippen LogP contribution is 2.48.